The van der Waals surface area contributed by atoms with Crippen molar-refractivity contribution in [1.29, 1.82) is 0 Å². The highest BCUT2D eigenvalue weighted by molar-refractivity contribution is 5.62. The Bertz CT molecular complexity index is 411. The van der Waals surface area contributed by atoms with Crippen molar-refractivity contribution in [3.05, 3.63) is 17.7 Å². The van der Waals surface area contributed by atoms with Crippen LogP contribution in [0.15, 0.2) is 6.20 Å². The van der Waals surface area contributed by atoms with E-state index in [-0.39, 0.29) is 6.54 Å². The van der Waals surface area contributed by atoms with E-state index < -0.39 is 5.97 Å². The van der Waals surface area contributed by atoms with Crippen molar-refractivity contribution in [2.24, 2.45) is 0 Å². The van der Waals surface area contributed by atoms with Gasteiger partial charge in [0.1, 0.15) is 18.4 Å². The highest BCUT2D eigenvalue weighted by atomic mass is 16.4. The van der Waals surface area contributed by atoms with Crippen LogP contribution in [0.2, 0.25) is 0 Å². The Kier molecular flexibility index (Phi) is 6.60. The molecule has 0 aliphatic heterocycles. The number of carboxylic acid groups (broad SMARTS) is 1. The first kappa shape index (κ1) is 15.7. The lowest BCUT2D eigenvalue weighted by Gasteiger charge is -2.06. The second-order valence-corrected chi connectivity index (χ2v) is 5.15. The molecule has 1 aromatic heterocycles. The van der Waals surface area contributed by atoms with Crippen molar-refractivity contribution in [2.75, 3.05) is 0 Å². The molecule has 0 saturated heterocycles. The molecule has 19 heavy (non-hydrogen) atoms. The smallest absolute Gasteiger partial charge is 0.256 e. The minimum absolute atomic E-state index is 0.0410. The molecule has 0 saturated carbocycles. The maximum atomic E-state index is 10.8. The maximum Gasteiger partial charge on any atom is 0.256 e. The molecule has 0 aromatic carbocycles. The van der Waals surface area contributed by atoms with Gasteiger partial charge in [0, 0.05) is 13.3 Å². The predicted octanol–water partition coefficient (Wildman–Crippen LogP) is 1.37. The molecule has 0 aliphatic rings. The van der Waals surface area contributed by atoms with E-state index in [0.717, 1.165) is 37.3 Å². The van der Waals surface area contributed by atoms with Gasteiger partial charge < -0.3 is 9.90 Å². The normalized spacial score (nSPS) is 10.9. The maximum absolute atomic E-state index is 10.8. The zero-order valence-electron chi connectivity index (χ0n) is 12.4. The molecule has 4 heteroatoms. The summed E-state index contributed by atoms with van der Waals surface area (Å²) >= 11 is 0. The third kappa shape index (κ3) is 4.69. The number of rotatable bonds is 9. The number of carboxylic acids is 1. The molecule has 4 nitrogen and oxygen atoms in total. The summed E-state index contributed by atoms with van der Waals surface area (Å²) in [6, 6.07) is 0. The molecule has 0 atom stereocenters. The summed E-state index contributed by atoms with van der Waals surface area (Å²) in [4.78, 5) is 10.8. The van der Waals surface area contributed by atoms with Gasteiger partial charge in [0.25, 0.3) is 5.82 Å². The zero-order chi connectivity index (χ0) is 14.3. The van der Waals surface area contributed by atoms with Crippen LogP contribution in [0.25, 0.3) is 0 Å². The quantitative estimate of drug-likeness (QED) is 0.500. The minimum atomic E-state index is -1.02. The molecule has 1 rings (SSSR count). The molecule has 0 N–H and O–H groups in total. The van der Waals surface area contributed by atoms with E-state index in [0.29, 0.717) is 0 Å². The fourth-order valence-corrected chi connectivity index (χ4v) is 2.52. The highest BCUT2D eigenvalue weighted by Crippen LogP contribution is 2.09. The topological polar surface area (TPSA) is 48.9 Å². The summed E-state index contributed by atoms with van der Waals surface area (Å²) in [6.45, 7) is 7.29. The summed E-state index contributed by atoms with van der Waals surface area (Å²) in [5.41, 5.74) is 1.13. The molecule has 0 bridgehead atoms. The summed E-state index contributed by atoms with van der Waals surface area (Å²) in [5, 5.41) is 10.8. The van der Waals surface area contributed by atoms with E-state index in [1.807, 2.05) is 17.7 Å². The van der Waals surface area contributed by atoms with Gasteiger partial charge in [0.05, 0.1) is 12.5 Å². The van der Waals surface area contributed by atoms with Gasteiger partial charge in [-0.1, -0.05) is 33.1 Å². The fourth-order valence-electron chi connectivity index (χ4n) is 2.52. The van der Waals surface area contributed by atoms with Crippen molar-refractivity contribution in [3.8, 4) is 0 Å². The molecule has 0 radical (unpaired) electrons. The Labute approximate surface area is 116 Å². The Hall–Kier alpha value is -1.32. The lowest BCUT2D eigenvalue weighted by Crippen LogP contribution is -2.45. The zero-order valence-corrected chi connectivity index (χ0v) is 12.4. The van der Waals surface area contributed by atoms with Crippen LogP contribution >= 0.6 is 0 Å². The number of nitrogens with zero attached hydrogens (tertiary/aromatic N) is 2. The number of aliphatic carboxylic acids is 1. The summed E-state index contributed by atoms with van der Waals surface area (Å²) in [5.74, 6) is 0.105. The van der Waals surface area contributed by atoms with Crippen LogP contribution in [0, 0.1) is 6.92 Å². The SMILES string of the molecule is CCCCCCc1n(CCC)c(C)c[n+]1CC(=O)[O-]. The molecule has 1 aromatic rings. The molecule has 0 fully saturated rings. The van der Waals surface area contributed by atoms with Gasteiger partial charge in [-0.3, -0.25) is 0 Å². The lowest BCUT2D eigenvalue weighted by molar-refractivity contribution is -0.697. The number of unbranched alkanes of at least 4 members (excludes halogenated alkanes) is 3. The van der Waals surface area contributed by atoms with E-state index in [2.05, 4.69) is 18.4 Å². The average Bonchev–Trinajstić information content (AvgIpc) is 2.62. The van der Waals surface area contributed by atoms with E-state index in [1.54, 1.807) is 0 Å². The number of aromatic nitrogens is 2. The Balaban J connectivity index is 2.84. The van der Waals surface area contributed by atoms with E-state index in [1.165, 1.54) is 19.3 Å². The standard InChI is InChI=1S/C15H26N2O2/c1-4-6-7-8-9-14-16(12-15(18)19)11-13(3)17(14)10-5-2/h11H,4-10,12H2,1-3H3. The van der Waals surface area contributed by atoms with Crippen LogP contribution in [-0.4, -0.2) is 10.5 Å². The van der Waals surface area contributed by atoms with E-state index >= 15 is 0 Å². The van der Waals surface area contributed by atoms with Crippen LogP contribution in [0.1, 0.15) is 57.5 Å². The Morgan fingerprint density at radius 3 is 2.58 bits per heavy atom. The van der Waals surface area contributed by atoms with Crippen molar-refractivity contribution in [2.45, 2.75) is 72.4 Å². The second-order valence-electron chi connectivity index (χ2n) is 5.15. The first-order chi connectivity index (χ1) is 9.10. The van der Waals surface area contributed by atoms with Gasteiger partial charge in [-0.05, 0) is 12.8 Å². The third-order valence-corrected chi connectivity index (χ3v) is 3.41. The Morgan fingerprint density at radius 1 is 1.26 bits per heavy atom. The van der Waals surface area contributed by atoms with Gasteiger partial charge in [-0.15, -0.1) is 0 Å². The molecule has 1 heterocycles. The number of hydrogen-bond acceptors (Lipinski definition) is 2. The molecule has 0 aliphatic carbocycles. The highest BCUT2D eigenvalue weighted by Gasteiger charge is 2.19. The molecular formula is C15H26N2O2. The first-order valence-electron chi connectivity index (χ1n) is 7.38. The van der Waals surface area contributed by atoms with Gasteiger partial charge in [0.15, 0.2) is 0 Å². The van der Waals surface area contributed by atoms with E-state index in [9.17, 15) is 9.90 Å². The monoisotopic (exact) mass is 266 g/mol. The molecule has 0 unspecified atom stereocenters. The summed E-state index contributed by atoms with van der Waals surface area (Å²) < 4.78 is 4.08. The van der Waals surface area contributed by atoms with Gasteiger partial charge in [-0.2, -0.15) is 0 Å². The number of hydrogen-bond donors (Lipinski definition) is 0. The van der Waals surface area contributed by atoms with Crippen LogP contribution in [0.5, 0.6) is 0 Å². The predicted molar refractivity (Wildman–Crippen MR) is 72.5 cm³/mol. The van der Waals surface area contributed by atoms with Crippen LogP contribution in [0.3, 0.4) is 0 Å². The third-order valence-electron chi connectivity index (χ3n) is 3.41. The molecule has 108 valence electrons. The molecule has 0 amide bonds. The van der Waals surface area contributed by atoms with Gasteiger partial charge in [0.2, 0.25) is 0 Å². The van der Waals surface area contributed by atoms with E-state index in [4.69, 9.17) is 0 Å². The van der Waals surface area contributed by atoms with Crippen molar-refractivity contribution >= 4 is 5.97 Å². The number of aryl methyl sites for hydroxylation is 1. The largest absolute Gasteiger partial charge is 0.546 e. The Morgan fingerprint density at radius 2 is 2.00 bits per heavy atom. The summed E-state index contributed by atoms with van der Waals surface area (Å²) in [7, 11) is 0. The first-order valence-corrected chi connectivity index (χ1v) is 7.38. The average molecular weight is 266 g/mol. The van der Waals surface area contributed by atoms with Crippen LogP contribution < -0.4 is 9.67 Å². The van der Waals surface area contributed by atoms with Crippen molar-refractivity contribution in [3.63, 3.8) is 0 Å². The molecular weight excluding hydrogens is 240 g/mol. The summed E-state index contributed by atoms with van der Waals surface area (Å²) in [6.07, 6.45) is 8.72. The number of imidazole rings is 1. The lowest BCUT2D eigenvalue weighted by atomic mass is 10.1. The minimum Gasteiger partial charge on any atom is -0.546 e. The van der Waals surface area contributed by atoms with Crippen molar-refractivity contribution in [1.82, 2.24) is 4.57 Å². The van der Waals surface area contributed by atoms with Gasteiger partial charge >= 0.3 is 0 Å². The van der Waals surface area contributed by atoms with Crippen molar-refractivity contribution < 1.29 is 14.5 Å². The fraction of sp³-hybridized carbons (Fsp3) is 0.733. The molecule has 0 spiro atoms. The number of carbonyl (C=O) groups excluding carboxylic acids is 1. The van der Waals surface area contributed by atoms with Crippen LogP contribution in [-0.2, 0) is 24.3 Å². The van der Waals surface area contributed by atoms with Gasteiger partial charge in [-0.25, -0.2) is 9.13 Å². The number of carbonyl (C=O) groups is 1. The van der Waals surface area contributed by atoms with Crippen LogP contribution in [0.4, 0.5) is 0 Å². The second kappa shape index (κ2) is 7.97.